The van der Waals surface area contributed by atoms with E-state index in [4.69, 9.17) is 23.2 Å². The number of alkyl halides is 3. The topological polar surface area (TPSA) is 64.7 Å². The Morgan fingerprint density at radius 1 is 1.16 bits per heavy atom. The quantitative estimate of drug-likeness (QED) is 0.468. The first-order chi connectivity index (χ1) is 15.1. The van der Waals surface area contributed by atoms with E-state index in [0.717, 1.165) is 24.6 Å². The van der Waals surface area contributed by atoms with Crippen LogP contribution in [0.1, 0.15) is 47.8 Å². The average Bonchev–Trinajstić information content (AvgIpc) is 3.36. The number of benzene rings is 1. The Balaban J connectivity index is 1.40. The number of anilines is 1. The molecule has 170 valence electrons. The molecule has 1 N–H and O–H groups in total. The van der Waals surface area contributed by atoms with Gasteiger partial charge in [0.05, 0.1) is 6.54 Å². The van der Waals surface area contributed by atoms with Crippen LogP contribution < -0.4 is 5.32 Å². The lowest BCUT2D eigenvalue weighted by Crippen LogP contribution is -2.17. The van der Waals surface area contributed by atoms with Crippen molar-refractivity contribution < 1.29 is 18.0 Å². The van der Waals surface area contributed by atoms with Gasteiger partial charge in [-0.2, -0.15) is 23.4 Å². The van der Waals surface area contributed by atoms with Gasteiger partial charge in [-0.15, -0.1) is 0 Å². The highest BCUT2D eigenvalue weighted by Crippen LogP contribution is 2.42. The summed E-state index contributed by atoms with van der Waals surface area (Å²) in [5.74, 6) is 0.0578. The second-order valence-corrected chi connectivity index (χ2v) is 8.59. The lowest BCUT2D eigenvalue weighted by Gasteiger charge is -2.09. The van der Waals surface area contributed by atoms with Gasteiger partial charge in [-0.25, -0.2) is 0 Å². The highest BCUT2D eigenvalue weighted by molar-refractivity contribution is 6.35. The van der Waals surface area contributed by atoms with Crippen molar-refractivity contribution >= 4 is 34.9 Å². The first-order valence-corrected chi connectivity index (χ1v) is 10.8. The number of hydrogen-bond donors (Lipinski definition) is 1. The van der Waals surface area contributed by atoms with E-state index >= 15 is 0 Å². The number of nitrogens with one attached hydrogen (secondary N) is 1. The minimum atomic E-state index is -4.51. The molecular formula is C21H20Cl2F3N5O. The lowest BCUT2D eigenvalue weighted by atomic mass is 10.2. The van der Waals surface area contributed by atoms with E-state index in [0.29, 0.717) is 33.7 Å². The zero-order valence-corrected chi connectivity index (χ0v) is 18.6. The van der Waals surface area contributed by atoms with Crippen molar-refractivity contribution in [1.29, 1.82) is 0 Å². The molecule has 0 unspecified atom stereocenters. The number of carbonyl (C=O) groups is 1. The first kappa shape index (κ1) is 22.7. The Labute approximate surface area is 192 Å². The maximum absolute atomic E-state index is 13.0. The van der Waals surface area contributed by atoms with Gasteiger partial charge in [0.1, 0.15) is 0 Å². The zero-order chi connectivity index (χ0) is 23.0. The number of hydrogen-bond acceptors (Lipinski definition) is 3. The fraction of sp³-hybridized carbons (Fsp3) is 0.381. The summed E-state index contributed by atoms with van der Waals surface area (Å²) in [6.07, 6.45) is -2.87. The van der Waals surface area contributed by atoms with Crippen LogP contribution in [0, 0.1) is 6.92 Å². The molecular weight excluding hydrogens is 466 g/mol. The molecule has 1 fully saturated rings. The molecule has 1 amide bonds. The zero-order valence-electron chi connectivity index (χ0n) is 17.1. The van der Waals surface area contributed by atoms with E-state index in [-0.39, 0.29) is 24.8 Å². The molecule has 0 spiro atoms. The second-order valence-electron chi connectivity index (χ2n) is 7.78. The summed E-state index contributed by atoms with van der Waals surface area (Å²) >= 11 is 12.4. The minimum absolute atomic E-state index is 0.0268. The summed E-state index contributed by atoms with van der Waals surface area (Å²) < 4.78 is 42.0. The van der Waals surface area contributed by atoms with Crippen molar-refractivity contribution in [2.45, 2.75) is 51.4 Å². The normalized spacial score (nSPS) is 14.1. The highest BCUT2D eigenvalue weighted by atomic mass is 35.5. The molecule has 0 radical (unpaired) electrons. The Morgan fingerprint density at radius 2 is 1.84 bits per heavy atom. The van der Waals surface area contributed by atoms with E-state index in [1.807, 2.05) is 6.92 Å². The average molecular weight is 486 g/mol. The van der Waals surface area contributed by atoms with Crippen molar-refractivity contribution in [2.24, 2.45) is 0 Å². The molecule has 0 saturated heterocycles. The van der Waals surface area contributed by atoms with Gasteiger partial charge in [0.15, 0.2) is 11.5 Å². The molecule has 1 aliphatic carbocycles. The summed E-state index contributed by atoms with van der Waals surface area (Å²) in [6, 6.07) is 8.01. The molecule has 32 heavy (non-hydrogen) atoms. The Hall–Kier alpha value is -2.52. The van der Waals surface area contributed by atoms with Gasteiger partial charge in [0.2, 0.25) is 5.91 Å². The summed E-state index contributed by atoms with van der Waals surface area (Å²) in [5, 5.41) is 11.8. The van der Waals surface area contributed by atoms with Crippen molar-refractivity contribution in [3.8, 4) is 0 Å². The molecule has 4 rings (SSSR count). The molecule has 11 heteroatoms. The van der Waals surface area contributed by atoms with Crippen molar-refractivity contribution in [2.75, 3.05) is 5.32 Å². The number of halogens is 5. The smallest absolute Gasteiger partial charge is 0.309 e. The number of rotatable bonds is 7. The van der Waals surface area contributed by atoms with E-state index in [9.17, 15) is 18.0 Å². The van der Waals surface area contributed by atoms with Crippen LogP contribution >= 0.6 is 23.2 Å². The molecule has 2 aromatic heterocycles. The maximum Gasteiger partial charge on any atom is 0.435 e. The predicted molar refractivity (Wildman–Crippen MR) is 115 cm³/mol. The van der Waals surface area contributed by atoms with Crippen molar-refractivity contribution in [3.63, 3.8) is 0 Å². The molecule has 1 aliphatic rings. The SMILES string of the molecule is Cc1cc(NC(=O)CCn2nc(C(F)(F)F)cc2C2CC2)nn1Cc1c(Cl)cccc1Cl. The number of aromatic nitrogens is 4. The highest BCUT2D eigenvalue weighted by Gasteiger charge is 2.37. The maximum atomic E-state index is 13.0. The van der Waals surface area contributed by atoms with Gasteiger partial charge in [0.25, 0.3) is 0 Å². The summed E-state index contributed by atoms with van der Waals surface area (Å²) in [6.45, 7) is 2.22. The van der Waals surface area contributed by atoms with Gasteiger partial charge in [-0.1, -0.05) is 29.3 Å². The van der Waals surface area contributed by atoms with Crippen LogP contribution in [0.4, 0.5) is 19.0 Å². The van der Waals surface area contributed by atoms with Crippen LogP contribution in [-0.4, -0.2) is 25.5 Å². The standard InChI is InChI=1S/C21H20Cl2F3N5O/c1-12-9-19(29-31(12)11-14-15(22)3-2-4-16(14)23)27-20(32)7-8-30-17(13-5-6-13)10-18(28-30)21(24,25)26/h2-4,9-10,13H,5-8,11H2,1H3,(H,27,29,32). The lowest BCUT2D eigenvalue weighted by molar-refractivity contribution is -0.141. The van der Waals surface area contributed by atoms with E-state index in [1.54, 1.807) is 28.9 Å². The van der Waals surface area contributed by atoms with Gasteiger partial charge < -0.3 is 5.32 Å². The molecule has 0 atom stereocenters. The minimum Gasteiger partial charge on any atom is -0.309 e. The van der Waals surface area contributed by atoms with E-state index < -0.39 is 11.9 Å². The van der Waals surface area contributed by atoms with Crippen LogP contribution in [0.3, 0.4) is 0 Å². The van der Waals surface area contributed by atoms with Crippen LogP contribution in [0.2, 0.25) is 10.0 Å². The predicted octanol–water partition coefficient (Wildman–Crippen LogP) is 5.67. The number of carbonyl (C=O) groups excluding carboxylic acids is 1. The van der Waals surface area contributed by atoms with Gasteiger partial charge in [0, 0.05) is 51.9 Å². The van der Waals surface area contributed by atoms with Gasteiger partial charge >= 0.3 is 6.18 Å². The van der Waals surface area contributed by atoms with Crippen LogP contribution in [-0.2, 0) is 24.1 Å². The fourth-order valence-electron chi connectivity index (χ4n) is 3.43. The molecule has 0 bridgehead atoms. The number of nitrogens with zero attached hydrogens (tertiary/aromatic N) is 4. The van der Waals surface area contributed by atoms with E-state index in [2.05, 4.69) is 15.5 Å². The summed E-state index contributed by atoms with van der Waals surface area (Å²) in [4.78, 5) is 12.4. The fourth-order valence-corrected chi connectivity index (χ4v) is 3.95. The van der Waals surface area contributed by atoms with Gasteiger partial charge in [-0.3, -0.25) is 14.2 Å². The van der Waals surface area contributed by atoms with Crippen LogP contribution in [0.25, 0.3) is 0 Å². The van der Waals surface area contributed by atoms with E-state index in [1.165, 1.54) is 4.68 Å². The third-order valence-corrected chi connectivity index (χ3v) is 5.97. The molecule has 3 aromatic rings. The van der Waals surface area contributed by atoms with Crippen molar-refractivity contribution in [1.82, 2.24) is 19.6 Å². The largest absolute Gasteiger partial charge is 0.435 e. The first-order valence-electron chi connectivity index (χ1n) is 10.0. The second kappa shape index (κ2) is 8.78. The van der Waals surface area contributed by atoms with Crippen LogP contribution in [0.5, 0.6) is 0 Å². The molecule has 6 nitrogen and oxygen atoms in total. The molecule has 0 aliphatic heterocycles. The number of amides is 1. The molecule has 1 aromatic carbocycles. The summed E-state index contributed by atoms with van der Waals surface area (Å²) in [5.41, 5.74) is 1.11. The third kappa shape index (κ3) is 5.10. The number of aryl methyl sites for hydroxylation is 2. The Bertz CT molecular complexity index is 1130. The molecule has 1 saturated carbocycles. The monoisotopic (exact) mass is 485 g/mol. The third-order valence-electron chi connectivity index (χ3n) is 5.27. The van der Waals surface area contributed by atoms with Gasteiger partial charge in [-0.05, 0) is 38.0 Å². The van der Waals surface area contributed by atoms with Crippen molar-refractivity contribution in [3.05, 3.63) is 63.0 Å². The Morgan fingerprint density at radius 3 is 2.47 bits per heavy atom. The molecule has 2 heterocycles. The Kier molecular flexibility index (Phi) is 6.22. The van der Waals surface area contributed by atoms with Crippen LogP contribution in [0.15, 0.2) is 30.3 Å². The summed E-state index contributed by atoms with van der Waals surface area (Å²) in [7, 11) is 0.